The molecule has 6 heteroatoms. The van der Waals surface area contributed by atoms with E-state index < -0.39 is 5.41 Å². The number of hydrogen-bond donors (Lipinski definition) is 2. The van der Waals surface area contributed by atoms with Gasteiger partial charge in [0.1, 0.15) is 0 Å². The molecule has 2 N–H and O–H groups in total. The smallest absolute Gasteiger partial charge is 0.226 e. The molecule has 0 unspecified atom stereocenters. The highest BCUT2D eigenvalue weighted by Crippen LogP contribution is 2.29. The summed E-state index contributed by atoms with van der Waals surface area (Å²) in [5, 5.41) is 7.25. The molecule has 4 nitrogen and oxygen atoms in total. The Balaban J connectivity index is 0.00000312. The number of piperidine rings is 1. The molecule has 1 aliphatic rings. The third-order valence-corrected chi connectivity index (χ3v) is 5.12. The molecule has 0 radical (unpaired) electrons. The second-order valence-electron chi connectivity index (χ2n) is 7.56. The molecule has 1 aliphatic heterocycles. The molecule has 0 aromatic heterocycles. The molecule has 0 saturated carbocycles. The Morgan fingerprint density at radius 1 is 1.36 bits per heavy atom. The number of carbonyl (C=O) groups excluding carboxylic acids is 1. The number of hydrogen-bond acceptors (Lipinski definition) is 3. The van der Waals surface area contributed by atoms with E-state index in [1.165, 1.54) is 0 Å². The minimum atomic E-state index is -0.480. The molecule has 1 saturated heterocycles. The Bertz CT molecular complexity index is 553. The minimum Gasteiger partial charge on any atom is -0.384 e. The molecule has 0 spiro atoms. The summed E-state index contributed by atoms with van der Waals surface area (Å²) in [4.78, 5) is 12.7. The van der Waals surface area contributed by atoms with Crippen LogP contribution < -0.4 is 10.6 Å². The van der Waals surface area contributed by atoms with Crippen LogP contribution in [0.5, 0.6) is 0 Å². The molecule has 1 fully saturated rings. The molecule has 1 heterocycles. The van der Waals surface area contributed by atoms with E-state index in [1.54, 1.807) is 7.11 Å². The van der Waals surface area contributed by atoms with E-state index in [1.807, 2.05) is 38.1 Å². The Morgan fingerprint density at radius 3 is 2.64 bits per heavy atom. The Labute approximate surface area is 162 Å². The number of carbonyl (C=O) groups is 1. The van der Waals surface area contributed by atoms with E-state index in [-0.39, 0.29) is 23.7 Å². The van der Waals surface area contributed by atoms with Crippen molar-refractivity contribution in [1.29, 1.82) is 0 Å². The lowest BCUT2D eigenvalue weighted by Gasteiger charge is -2.38. The van der Waals surface area contributed by atoms with Gasteiger partial charge in [-0.2, -0.15) is 0 Å². The van der Waals surface area contributed by atoms with Gasteiger partial charge >= 0.3 is 0 Å². The van der Waals surface area contributed by atoms with Crippen molar-refractivity contribution in [3.8, 4) is 0 Å². The van der Waals surface area contributed by atoms with Crippen molar-refractivity contribution in [2.24, 2.45) is 10.8 Å². The van der Waals surface area contributed by atoms with Crippen LogP contribution in [-0.4, -0.2) is 39.3 Å². The van der Waals surface area contributed by atoms with Gasteiger partial charge in [-0.1, -0.05) is 37.6 Å². The first kappa shape index (κ1) is 22.2. The number of benzene rings is 1. The van der Waals surface area contributed by atoms with E-state index in [9.17, 15) is 4.79 Å². The Hall–Kier alpha value is -0.810. The van der Waals surface area contributed by atoms with E-state index in [4.69, 9.17) is 16.3 Å². The third kappa shape index (κ3) is 6.45. The first-order chi connectivity index (χ1) is 11.4. The molecule has 1 aromatic carbocycles. The van der Waals surface area contributed by atoms with E-state index in [0.717, 1.165) is 31.5 Å². The fourth-order valence-electron chi connectivity index (χ4n) is 3.38. The van der Waals surface area contributed by atoms with Gasteiger partial charge in [-0.25, -0.2) is 0 Å². The van der Waals surface area contributed by atoms with Crippen molar-refractivity contribution >= 4 is 29.9 Å². The summed E-state index contributed by atoms with van der Waals surface area (Å²) in [6, 6.07) is 7.72. The van der Waals surface area contributed by atoms with E-state index in [2.05, 4.69) is 10.6 Å². The van der Waals surface area contributed by atoms with Crippen LogP contribution in [0, 0.1) is 10.8 Å². The molecular weight excluding hydrogens is 359 g/mol. The largest absolute Gasteiger partial charge is 0.384 e. The summed E-state index contributed by atoms with van der Waals surface area (Å²) in [6.45, 7) is 7.27. The highest BCUT2D eigenvalue weighted by molar-refractivity contribution is 6.30. The summed E-state index contributed by atoms with van der Waals surface area (Å²) < 4.78 is 5.42. The van der Waals surface area contributed by atoms with Gasteiger partial charge in [-0.15, -0.1) is 12.4 Å². The number of methoxy groups -OCH3 is 1. The fraction of sp³-hybridized carbons (Fsp3) is 0.632. The molecule has 0 aliphatic carbocycles. The lowest BCUT2D eigenvalue weighted by molar-refractivity contribution is -0.130. The predicted octanol–water partition coefficient (Wildman–Crippen LogP) is 3.46. The first-order valence-corrected chi connectivity index (χ1v) is 8.97. The van der Waals surface area contributed by atoms with E-state index in [0.29, 0.717) is 24.6 Å². The van der Waals surface area contributed by atoms with Crippen molar-refractivity contribution < 1.29 is 9.53 Å². The maximum absolute atomic E-state index is 12.7. The minimum absolute atomic E-state index is 0. The molecule has 1 aromatic rings. The fourth-order valence-corrected chi connectivity index (χ4v) is 3.59. The van der Waals surface area contributed by atoms with Crippen LogP contribution in [-0.2, 0) is 16.0 Å². The molecule has 0 bridgehead atoms. The molecule has 142 valence electrons. The van der Waals surface area contributed by atoms with Crippen LogP contribution in [0.4, 0.5) is 0 Å². The second kappa shape index (κ2) is 9.77. The average Bonchev–Trinajstić information content (AvgIpc) is 2.53. The monoisotopic (exact) mass is 388 g/mol. The first-order valence-electron chi connectivity index (χ1n) is 8.59. The maximum atomic E-state index is 12.7. The molecule has 1 amide bonds. The van der Waals surface area contributed by atoms with Gasteiger partial charge < -0.3 is 15.4 Å². The van der Waals surface area contributed by atoms with Crippen LogP contribution in [0.2, 0.25) is 5.02 Å². The zero-order chi connectivity index (χ0) is 17.6. The van der Waals surface area contributed by atoms with Crippen molar-refractivity contribution in [3.05, 3.63) is 34.9 Å². The standard InChI is InChI=1S/C19H29ClN2O2.ClH/c1-18(2,12-15-5-4-6-16(20)11-15)17(23)22-13-19(14-24-3)7-9-21-10-8-19;/h4-6,11,21H,7-10,12-14H2,1-3H3,(H,22,23);1H. The molecule has 25 heavy (non-hydrogen) atoms. The van der Waals surface area contributed by atoms with Gasteiger partial charge in [0, 0.05) is 29.5 Å². The van der Waals surface area contributed by atoms with Crippen molar-refractivity contribution in [1.82, 2.24) is 10.6 Å². The number of rotatable bonds is 7. The Kier molecular flexibility index (Phi) is 8.69. The summed E-state index contributed by atoms with van der Waals surface area (Å²) in [5.74, 6) is 0.0801. The summed E-state index contributed by atoms with van der Waals surface area (Å²) >= 11 is 6.05. The third-order valence-electron chi connectivity index (χ3n) is 4.89. The zero-order valence-corrected chi connectivity index (χ0v) is 16.9. The molecule has 2 rings (SSSR count). The molecule has 0 atom stereocenters. The summed E-state index contributed by atoms with van der Waals surface area (Å²) in [5.41, 5.74) is 0.643. The molecular formula is C19H30Cl2N2O2. The van der Waals surface area contributed by atoms with Crippen molar-refractivity contribution in [2.75, 3.05) is 33.4 Å². The van der Waals surface area contributed by atoms with Crippen LogP contribution in [0.15, 0.2) is 24.3 Å². The average molecular weight is 389 g/mol. The lowest BCUT2D eigenvalue weighted by atomic mass is 9.78. The normalized spacial score (nSPS) is 16.8. The van der Waals surface area contributed by atoms with E-state index >= 15 is 0 Å². The number of nitrogens with one attached hydrogen (secondary N) is 2. The van der Waals surface area contributed by atoms with Crippen LogP contribution in [0.1, 0.15) is 32.3 Å². The quantitative estimate of drug-likeness (QED) is 0.751. The van der Waals surface area contributed by atoms with Crippen LogP contribution >= 0.6 is 24.0 Å². The zero-order valence-electron chi connectivity index (χ0n) is 15.4. The van der Waals surface area contributed by atoms with Crippen molar-refractivity contribution in [2.45, 2.75) is 33.1 Å². The predicted molar refractivity (Wildman–Crippen MR) is 106 cm³/mol. The Morgan fingerprint density at radius 2 is 2.04 bits per heavy atom. The van der Waals surface area contributed by atoms with Gasteiger partial charge in [-0.05, 0) is 50.0 Å². The van der Waals surface area contributed by atoms with Crippen LogP contribution in [0.3, 0.4) is 0 Å². The lowest BCUT2D eigenvalue weighted by Crippen LogP contribution is -2.49. The second-order valence-corrected chi connectivity index (χ2v) is 7.99. The van der Waals surface area contributed by atoms with Gasteiger partial charge in [0.25, 0.3) is 0 Å². The van der Waals surface area contributed by atoms with Gasteiger partial charge in [0.2, 0.25) is 5.91 Å². The maximum Gasteiger partial charge on any atom is 0.226 e. The number of halogens is 2. The highest BCUT2D eigenvalue weighted by Gasteiger charge is 2.35. The van der Waals surface area contributed by atoms with Gasteiger partial charge in [0.05, 0.1) is 6.61 Å². The highest BCUT2D eigenvalue weighted by atomic mass is 35.5. The summed E-state index contributed by atoms with van der Waals surface area (Å²) in [6.07, 6.45) is 2.71. The number of amides is 1. The number of ether oxygens (including phenoxy) is 1. The van der Waals surface area contributed by atoms with Gasteiger partial charge in [-0.3, -0.25) is 4.79 Å². The van der Waals surface area contributed by atoms with Crippen LogP contribution in [0.25, 0.3) is 0 Å². The topological polar surface area (TPSA) is 50.4 Å². The summed E-state index contributed by atoms with van der Waals surface area (Å²) in [7, 11) is 1.73. The van der Waals surface area contributed by atoms with Crippen molar-refractivity contribution in [3.63, 3.8) is 0 Å². The van der Waals surface area contributed by atoms with Gasteiger partial charge in [0.15, 0.2) is 0 Å². The SMILES string of the molecule is COCC1(CNC(=O)C(C)(C)Cc2cccc(Cl)c2)CCNCC1.Cl.